The molecule has 0 bridgehead atoms. The average Bonchev–Trinajstić information content (AvgIpc) is 2.86. The van der Waals surface area contributed by atoms with Gasteiger partial charge in [-0.25, -0.2) is 4.79 Å². The summed E-state index contributed by atoms with van der Waals surface area (Å²) in [6.07, 6.45) is 6.36. The van der Waals surface area contributed by atoms with Gasteiger partial charge in [0.15, 0.2) is 0 Å². The summed E-state index contributed by atoms with van der Waals surface area (Å²) in [6.45, 7) is 4.84. The van der Waals surface area contributed by atoms with E-state index in [0.29, 0.717) is 16.5 Å². The number of carboxylic acid groups (broad SMARTS) is 1. The Hall–Kier alpha value is -1.74. The van der Waals surface area contributed by atoms with Gasteiger partial charge in [-0.3, -0.25) is 0 Å². The van der Waals surface area contributed by atoms with E-state index in [1.807, 2.05) is 38.1 Å². The molecule has 1 fully saturated rings. The molecule has 0 saturated heterocycles. The standard InChI is InChI=1S/C20H24ClNO2/c1-13-10-16(21)8-9-17(13)19-11-18(20(23)24)14(2)22(19)12-15-6-4-3-5-7-15/h8-11,15H,3-7,12H2,1-2H3,(H,23,24). The molecule has 1 N–H and O–H groups in total. The number of carbonyl (C=O) groups is 1. The molecule has 4 heteroatoms. The van der Waals surface area contributed by atoms with Crippen LogP contribution >= 0.6 is 11.6 Å². The molecular formula is C20H24ClNO2. The van der Waals surface area contributed by atoms with Gasteiger partial charge in [-0.15, -0.1) is 0 Å². The summed E-state index contributed by atoms with van der Waals surface area (Å²) in [5.74, 6) is -0.222. The lowest BCUT2D eigenvalue weighted by atomic mass is 9.89. The number of nitrogens with zero attached hydrogens (tertiary/aromatic N) is 1. The summed E-state index contributed by atoms with van der Waals surface area (Å²) in [5, 5.41) is 10.2. The first-order valence-electron chi connectivity index (χ1n) is 8.67. The van der Waals surface area contributed by atoms with Crippen LogP contribution in [0.25, 0.3) is 11.3 Å². The highest BCUT2D eigenvalue weighted by Crippen LogP contribution is 2.33. The molecule has 0 spiro atoms. The normalized spacial score (nSPS) is 15.6. The third-order valence-corrected chi connectivity index (χ3v) is 5.46. The van der Waals surface area contributed by atoms with E-state index in [1.165, 1.54) is 32.1 Å². The first-order chi connectivity index (χ1) is 11.5. The number of hydrogen-bond acceptors (Lipinski definition) is 1. The maximum absolute atomic E-state index is 11.6. The summed E-state index contributed by atoms with van der Waals surface area (Å²) in [7, 11) is 0. The van der Waals surface area contributed by atoms with Crippen molar-refractivity contribution in [3.05, 3.63) is 46.1 Å². The van der Waals surface area contributed by atoms with Crippen molar-refractivity contribution in [1.82, 2.24) is 4.57 Å². The van der Waals surface area contributed by atoms with Gasteiger partial charge in [0.2, 0.25) is 0 Å². The molecule has 1 aliphatic rings. The van der Waals surface area contributed by atoms with Crippen LogP contribution in [-0.4, -0.2) is 15.6 Å². The van der Waals surface area contributed by atoms with Crippen molar-refractivity contribution >= 4 is 17.6 Å². The van der Waals surface area contributed by atoms with Crippen molar-refractivity contribution in [2.75, 3.05) is 0 Å². The third kappa shape index (κ3) is 3.36. The van der Waals surface area contributed by atoms with Crippen LogP contribution in [-0.2, 0) is 6.54 Å². The lowest BCUT2D eigenvalue weighted by Crippen LogP contribution is -2.16. The Morgan fingerprint density at radius 2 is 1.92 bits per heavy atom. The minimum absolute atomic E-state index is 0.398. The summed E-state index contributed by atoms with van der Waals surface area (Å²) >= 11 is 6.09. The molecule has 1 aromatic heterocycles. The first-order valence-corrected chi connectivity index (χ1v) is 9.05. The minimum atomic E-state index is -0.859. The molecule has 3 rings (SSSR count). The highest BCUT2D eigenvalue weighted by molar-refractivity contribution is 6.30. The van der Waals surface area contributed by atoms with Gasteiger partial charge in [0.1, 0.15) is 0 Å². The molecule has 0 aliphatic heterocycles. The second-order valence-corrected chi connectivity index (χ2v) is 7.34. The topological polar surface area (TPSA) is 42.2 Å². The van der Waals surface area contributed by atoms with Crippen molar-refractivity contribution in [2.24, 2.45) is 5.92 Å². The predicted octanol–water partition coefficient (Wildman–Crippen LogP) is 5.70. The molecule has 128 valence electrons. The molecular weight excluding hydrogens is 322 g/mol. The van der Waals surface area contributed by atoms with E-state index < -0.39 is 5.97 Å². The number of halogens is 1. The first kappa shape index (κ1) is 17.1. The van der Waals surface area contributed by atoms with Gasteiger partial charge in [0.25, 0.3) is 0 Å². The van der Waals surface area contributed by atoms with Gasteiger partial charge in [-0.05, 0) is 56.4 Å². The number of hydrogen-bond donors (Lipinski definition) is 1. The van der Waals surface area contributed by atoms with Crippen molar-refractivity contribution in [2.45, 2.75) is 52.5 Å². The minimum Gasteiger partial charge on any atom is -0.478 e. The molecule has 0 atom stereocenters. The maximum Gasteiger partial charge on any atom is 0.337 e. The number of benzene rings is 1. The Labute approximate surface area is 148 Å². The van der Waals surface area contributed by atoms with E-state index in [2.05, 4.69) is 4.57 Å². The molecule has 24 heavy (non-hydrogen) atoms. The number of aromatic carboxylic acids is 1. The van der Waals surface area contributed by atoms with E-state index in [1.54, 1.807) is 0 Å². The molecule has 0 amide bonds. The van der Waals surface area contributed by atoms with Crippen LogP contribution in [0.3, 0.4) is 0 Å². The quantitative estimate of drug-likeness (QED) is 0.771. The van der Waals surface area contributed by atoms with E-state index in [4.69, 9.17) is 11.6 Å². The van der Waals surface area contributed by atoms with E-state index >= 15 is 0 Å². The van der Waals surface area contributed by atoms with Gasteiger partial charge < -0.3 is 9.67 Å². The fourth-order valence-corrected chi connectivity index (χ4v) is 4.09. The highest BCUT2D eigenvalue weighted by atomic mass is 35.5. The average molecular weight is 346 g/mol. The van der Waals surface area contributed by atoms with Crippen molar-refractivity contribution < 1.29 is 9.90 Å². The molecule has 2 aromatic rings. The number of aromatic nitrogens is 1. The van der Waals surface area contributed by atoms with Crippen molar-refractivity contribution in [3.8, 4) is 11.3 Å². The second-order valence-electron chi connectivity index (χ2n) is 6.91. The van der Waals surface area contributed by atoms with Crippen LogP contribution in [0, 0.1) is 19.8 Å². The third-order valence-electron chi connectivity index (χ3n) is 5.23. The fraction of sp³-hybridized carbons (Fsp3) is 0.450. The SMILES string of the molecule is Cc1cc(Cl)ccc1-c1cc(C(=O)O)c(C)n1CC1CCCCC1. The van der Waals surface area contributed by atoms with Gasteiger partial charge >= 0.3 is 5.97 Å². The molecule has 3 nitrogen and oxygen atoms in total. The Kier molecular flexibility index (Phi) is 5.00. The lowest BCUT2D eigenvalue weighted by Gasteiger charge is -2.24. The summed E-state index contributed by atoms with van der Waals surface area (Å²) < 4.78 is 2.20. The van der Waals surface area contributed by atoms with Gasteiger partial charge in [0.05, 0.1) is 5.56 Å². The molecule has 1 aromatic carbocycles. The zero-order chi connectivity index (χ0) is 17.3. The summed E-state index contributed by atoms with van der Waals surface area (Å²) in [6, 6.07) is 7.62. The predicted molar refractivity (Wildman–Crippen MR) is 97.9 cm³/mol. The van der Waals surface area contributed by atoms with Crippen LogP contribution in [0.1, 0.15) is 53.7 Å². The van der Waals surface area contributed by atoms with Crippen molar-refractivity contribution in [1.29, 1.82) is 0 Å². The summed E-state index contributed by atoms with van der Waals surface area (Å²) in [5.41, 5.74) is 4.37. The van der Waals surface area contributed by atoms with Gasteiger partial charge in [-0.2, -0.15) is 0 Å². The van der Waals surface area contributed by atoms with Crippen molar-refractivity contribution in [3.63, 3.8) is 0 Å². The number of rotatable bonds is 4. The molecule has 0 unspecified atom stereocenters. The van der Waals surface area contributed by atoms with Crippen LogP contribution in [0.5, 0.6) is 0 Å². The largest absolute Gasteiger partial charge is 0.478 e. The second kappa shape index (κ2) is 7.02. The zero-order valence-electron chi connectivity index (χ0n) is 14.3. The Bertz CT molecular complexity index is 757. The molecule has 1 heterocycles. The van der Waals surface area contributed by atoms with E-state index in [0.717, 1.165) is 29.1 Å². The summed E-state index contributed by atoms with van der Waals surface area (Å²) in [4.78, 5) is 11.6. The smallest absolute Gasteiger partial charge is 0.337 e. The Morgan fingerprint density at radius 1 is 1.21 bits per heavy atom. The Balaban J connectivity index is 2.06. The number of carboxylic acids is 1. The Morgan fingerprint density at radius 3 is 2.54 bits per heavy atom. The monoisotopic (exact) mass is 345 g/mol. The number of aryl methyl sites for hydroxylation is 1. The fourth-order valence-electron chi connectivity index (χ4n) is 3.86. The highest BCUT2D eigenvalue weighted by Gasteiger charge is 2.22. The zero-order valence-corrected chi connectivity index (χ0v) is 15.1. The van der Waals surface area contributed by atoms with Crippen LogP contribution in [0.2, 0.25) is 5.02 Å². The van der Waals surface area contributed by atoms with E-state index in [-0.39, 0.29) is 0 Å². The van der Waals surface area contributed by atoms with Crippen LogP contribution in [0.15, 0.2) is 24.3 Å². The van der Waals surface area contributed by atoms with Crippen LogP contribution < -0.4 is 0 Å². The lowest BCUT2D eigenvalue weighted by molar-refractivity contribution is 0.0696. The molecule has 1 saturated carbocycles. The molecule has 1 aliphatic carbocycles. The molecule has 0 radical (unpaired) electrons. The van der Waals surface area contributed by atoms with Gasteiger partial charge in [-0.1, -0.05) is 36.9 Å². The maximum atomic E-state index is 11.6. The van der Waals surface area contributed by atoms with Crippen LogP contribution in [0.4, 0.5) is 0 Å². The van der Waals surface area contributed by atoms with Gasteiger partial charge in [0, 0.05) is 28.5 Å². The van der Waals surface area contributed by atoms with E-state index in [9.17, 15) is 9.90 Å².